The minimum Gasteiger partial charge on any atom is -0.395 e. The first-order valence-electron chi connectivity index (χ1n) is 9.76. The molecule has 2 N–H and O–H groups in total. The van der Waals surface area contributed by atoms with E-state index in [9.17, 15) is 18.3 Å². The van der Waals surface area contributed by atoms with E-state index in [1.54, 1.807) is 23.1 Å². The summed E-state index contributed by atoms with van der Waals surface area (Å²) < 4.78 is 27.9. The molecule has 9 nitrogen and oxygen atoms in total. The van der Waals surface area contributed by atoms with Gasteiger partial charge in [0.05, 0.1) is 23.1 Å². The van der Waals surface area contributed by atoms with Crippen LogP contribution in [0, 0.1) is 0 Å². The highest BCUT2D eigenvalue weighted by Gasteiger charge is 2.36. The van der Waals surface area contributed by atoms with Gasteiger partial charge in [0.15, 0.2) is 5.78 Å². The van der Waals surface area contributed by atoms with Gasteiger partial charge in [0, 0.05) is 32.0 Å². The minimum absolute atomic E-state index is 0.154. The number of anilines is 1. The van der Waals surface area contributed by atoms with Crippen LogP contribution in [0.5, 0.6) is 0 Å². The van der Waals surface area contributed by atoms with Crippen molar-refractivity contribution in [1.82, 2.24) is 14.3 Å². The predicted molar refractivity (Wildman–Crippen MR) is 114 cm³/mol. The van der Waals surface area contributed by atoms with Crippen molar-refractivity contribution in [2.45, 2.75) is 10.9 Å². The standard InChI is InChI=1S/C21H22N4O5S/c26-13-18-12-24(21-22-10-17(11-23-21)20(28)14-27)7-8-25(18)31(29,30)19-6-5-15-3-1-2-4-16(15)9-19/h1-6,9-11,18,26-27H,7-8,12-14H2. The van der Waals surface area contributed by atoms with Crippen LogP contribution in [0.25, 0.3) is 10.8 Å². The van der Waals surface area contributed by atoms with Crippen LogP contribution >= 0.6 is 0 Å². The maximum absolute atomic E-state index is 13.3. The molecule has 2 heterocycles. The number of aromatic nitrogens is 2. The number of Topliss-reactive ketones (excluding diaryl/α,β-unsaturated/α-hetero) is 1. The number of carbonyl (C=O) groups is 1. The molecule has 1 atom stereocenters. The van der Waals surface area contributed by atoms with Crippen molar-refractivity contribution in [2.75, 3.05) is 37.7 Å². The van der Waals surface area contributed by atoms with E-state index in [1.165, 1.54) is 16.7 Å². The Morgan fingerprint density at radius 1 is 1.03 bits per heavy atom. The molecule has 1 aliphatic rings. The van der Waals surface area contributed by atoms with Crippen molar-refractivity contribution in [3.05, 3.63) is 60.4 Å². The average molecular weight is 442 g/mol. The average Bonchev–Trinajstić information content (AvgIpc) is 2.82. The van der Waals surface area contributed by atoms with E-state index in [2.05, 4.69) is 9.97 Å². The molecule has 31 heavy (non-hydrogen) atoms. The summed E-state index contributed by atoms with van der Waals surface area (Å²) in [6.07, 6.45) is 2.65. The Balaban J connectivity index is 1.56. The Morgan fingerprint density at radius 3 is 2.42 bits per heavy atom. The van der Waals surface area contributed by atoms with Gasteiger partial charge in [-0.15, -0.1) is 0 Å². The molecule has 10 heteroatoms. The summed E-state index contributed by atoms with van der Waals surface area (Å²) in [6, 6.07) is 11.9. The summed E-state index contributed by atoms with van der Waals surface area (Å²) in [5.41, 5.74) is 0.197. The number of hydrogen-bond donors (Lipinski definition) is 2. The van der Waals surface area contributed by atoms with E-state index in [-0.39, 0.29) is 30.2 Å². The topological polar surface area (TPSA) is 124 Å². The van der Waals surface area contributed by atoms with Crippen LogP contribution < -0.4 is 4.90 Å². The lowest BCUT2D eigenvalue weighted by Gasteiger charge is -2.39. The molecule has 1 saturated heterocycles. The Kier molecular flexibility index (Phi) is 5.96. The third-order valence-corrected chi connectivity index (χ3v) is 7.30. The summed E-state index contributed by atoms with van der Waals surface area (Å²) >= 11 is 0. The second-order valence-electron chi connectivity index (χ2n) is 7.26. The molecule has 1 aliphatic heterocycles. The quantitative estimate of drug-likeness (QED) is 0.534. The van der Waals surface area contributed by atoms with Gasteiger partial charge in [-0.05, 0) is 22.9 Å². The molecule has 0 spiro atoms. The maximum Gasteiger partial charge on any atom is 0.243 e. The lowest BCUT2D eigenvalue weighted by molar-refractivity contribution is 0.0903. The molecule has 162 valence electrons. The van der Waals surface area contributed by atoms with Crippen molar-refractivity contribution < 1.29 is 23.4 Å². The predicted octanol–water partition coefficient (Wildman–Crippen LogP) is 0.677. The third-order valence-electron chi connectivity index (χ3n) is 5.35. The monoisotopic (exact) mass is 442 g/mol. The lowest BCUT2D eigenvalue weighted by Crippen LogP contribution is -2.57. The van der Waals surface area contributed by atoms with Crippen molar-refractivity contribution in [3.8, 4) is 0 Å². The number of aliphatic hydroxyl groups excluding tert-OH is 2. The summed E-state index contributed by atoms with van der Waals surface area (Å²) in [5, 5.41) is 20.6. The van der Waals surface area contributed by atoms with Gasteiger partial charge >= 0.3 is 0 Å². The molecule has 0 aliphatic carbocycles. The molecule has 0 bridgehead atoms. The first kappa shape index (κ1) is 21.3. The summed E-state index contributed by atoms with van der Waals surface area (Å²) in [7, 11) is -3.81. The van der Waals surface area contributed by atoms with Crippen LogP contribution in [-0.2, 0) is 10.0 Å². The van der Waals surface area contributed by atoms with Crippen LogP contribution in [0.1, 0.15) is 10.4 Å². The van der Waals surface area contributed by atoms with Crippen LogP contribution in [0.2, 0.25) is 0 Å². The number of aliphatic hydroxyl groups is 2. The van der Waals surface area contributed by atoms with Gasteiger partial charge < -0.3 is 15.1 Å². The van der Waals surface area contributed by atoms with E-state index < -0.39 is 28.5 Å². The summed E-state index contributed by atoms with van der Waals surface area (Å²) in [5.74, 6) is -0.151. The highest BCUT2D eigenvalue weighted by atomic mass is 32.2. The summed E-state index contributed by atoms with van der Waals surface area (Å²) in [4.78, 5) is 21.8. The fourth-order valence-electron chi connectivity index (χ4n) is 3.67. The van der Waals surface area contributed by atoms with Crippen LogP contribution in [-0.4, -0.2) is 77.6 Å². The number of benzene rings is 2. The normalized spacial score (nSPS) is 17.7. The number of hydrogen-bond acceptors (Lipinski definition) is 8. The van der Waals surface area contributed by atoms with Crippen LogP contribution in [0.4, 0.5) is 5.95 Å². The molecule has 1 fully saturated rings. The molecular formula is C21H22N4O5S. The SMILES string of the molecule is O=C(CO)c1cnc(N2CCN(S(=O)(=O)c3ccc4ccccc4c3)C(CO)C2)nc1. The second-order valence-corrected chi connectivity index (χ2v) is 9.15. The van der Waals surface area contributed by atoms with Crippen molar-refractivity contribution in [2.24, 2.45) is 0 Å². The molecule has 1 aromatic heterocycles. The first-order valence-corrected chi connectivity index (χ1v) is 11.2. The Bertz CT molecular complexity index is 1200. The molecule has 0 amide bonds. The molecule has 2 aromatic carbocycles. The zero-order valence-corrected chi connectivity index (χ0v) is 17.4. The second kappa shape index (κ2) is 8.67. The van der Waals surface area contributed by atoms with Gasteiger partial charge in [-0.25, -0.2) is 18.4 Å². The van der Waals surface area contributed by atoms with E-state index in [4.69, 9.17) is 5.11 Å². The number of ketones is 1. The number of nitrogens with zero attached hydrogens (tertiary/aromatic N) is 4. The van der Waals surface area contributed by atoms with Gasteiger partial charge in [-0.3, -0.25) is 4.79 Å². The third kappa shape index (κ3) is 4.15. The molecule has 1 unspecified atom stereocenters. The maximum atomic E-state index is 13.3. The zero-order valence-electron chi connectivity index (χ0n) is 16.6. The van der Waals surface area contributed by atoms with Crippen molar-refractivity contribution >= 4 is 32.5 Å². The van der Waals surface area contributed by atoms with E-state index in [1.807, 2.05) is 24.3 Å². The number of sulfonamides is 1. The van der Waals surface area contributed by atoms with Gasteiger partial charge in [-0.1, -0.05) is 30.3 Å². The van der Waals surface area contributed by atoms with Gasteiger partial charge in [-0.2, -0.15) is 4.31 Å². The smallest absolute Gasteiger partial charge is 0.243 e. The number of rotatable bonds is 6. The number of fused-ring (bicyclic) bond motifs is 1. The first-order chi connectivity index (χ1) is 14.9. The van der Waals surface area contributed by atoms with E-state index in [0.29, 0.717) is 12.5 Å². The van der Waals surface area contributed by atoms with Gasteiger partial charge in [0.2, 0.25) is 16.0 Å². The Hall–Kier alpha value is -2.92. The molecule has 3 aromatic rings. The van der Waals surface area contributed by atoms with Crippen molar-refractivity contribution in [1.29, 1.82) is 0 Å². The minimum atomic E-state index is -3.81. The van der Waals surface area contributed by atoms with Crippen LogP contribution in [0.3, 0.4) is 0 Å². The zero-order chi connectivity index (χ0) is 22.0. The Labute approximate surface area is 179 Å². The molecular weight excluding hydrogens is 420 g/mol. The summed E-state index contributed by atoms with van der Waals surface area (Å²) in [6.45, 7) is -0.292. The largest absolute Gasteiger partial charge is 0.395 e. The van der Waals surface area contributed by atoms with E-state index in [0.717, 1.165) is 10.8 Å². The van der Waals surface area contributed by atoms with Crippen LogP contribution in [0.15, 0.2) is 59.8 Å². The number of piperazine rings is 1. The molecule has 0 radical (unpaired) electrons. The van der Waals surface area contributed by atoms with Gasteiger partial charge in [0.25, 0.3) is 0 Å². The Morgan fingerprint density at radius 2 is 1.74 bits per heavy atom. The fraction of sp³-hybridized carbons (Fsp3) is 0.286. The highest BCUT2D eigenvalue weighted by Crippen LogP contribution is 2.26. The molecule has 4 rings (SSSR count). The molecule has 0 saturated carbocycles. The highest BCUT2D eigenvalue weighted by molar-refractivity contribution is 7.89. The number of carbonyl (C=O) groups excluding carboxylic acids is 1. The van der Waals surface area contributed by atoms with Gasteiger partial charge in [0.1, 0.15) is 6.61 Å². The lowest BCUT2D eigenvalue weighted by atomic mass is 10.1. The fourth-order valence-corrected chi connectivity index (χ4v) is 5.30. The van der Waals surface area contributed by atoms with E-state index >= 15 is 0 Å². The van der Waals surface area contributed by atoms with Crippen molar-refractivity contribution in [3.63, 3.8) is 0 Å².